The number of aliphatic hydroxyl groups excluding tert-OH is 1. The van der Waals surface area contributed by atoms with Crippen LogP contribution in [0.2, 0.25) is 0 Å². The minimum atomic E-state index is -3.38. The van der Waals surface area contributed by atoms with Gasteiger partial charge in [-0.15, -0.1) is 11.3 Å². The summed E-state index contributed by atoms with van der Waals surface area (Å²) in [5.41, 5.74) is 0.645. The van der Waals surface area contributed by atoms with Crippen molar-refractivity contribution in [2.75, 3.05) is 25.6 Å². The van der Waals surface area contributed by atoms with Crippen molar-refractivity contribution in [2.45, 2.75) is 17.2 Å². The summed E-state index contributed by atoms with van der Waals surface area (Å²) in [7, 11) is -1.79. The van der Waals surface area contributed by atoms with Crippen LogP contribution in [0.4, 0.5) is 0 Å². The molecule has 0 aromatic carbocycles. The quantitative estimate of drug-likeness (QED) is 0.777. The third-order valence-electron chi connectivity index (χ3n) is 2.30. The largest absolute Gasteiger partial charge is 0.392 e. The van der Waals surface area contributed by atoms with E-state index >= 15 is 0 Å². The molecule has 17 heavy (non-hydrogen) atoms. The summed E-state index contributed by atoms with van der Waals surface area (Å²) in [5, 5.41) is 10.6. The lowest BCUT2D eigenvalue weighted by atomic mass is 10.4. The zero-order valence-corrected chi connectivity index (χ0v) is 12.4. The Morgan fingerprint density at radius 1 is 1.53 bits per heavy atom. The van der Waals surface area contributed by atoms with E-state index < -0.39 is 10.0 Å². The Balaban J connectivity index is 2.73. The van der Waals surface area contributed by atoms with Gasteiger partial charge in [0.15, 0.2) is 0 Å². The number of nitrogens with zero attached hydrogens (tertiary/aromatic N) is 1. The zero-order chi connectivity index (χ0) is 12.9. The van der Waals surface area contributed by atoms with Crippen molar-refractivity contribution in [1.29, 1.82) is 0 Å². The molecule has 1 aromatic rings. The number of hydrogen-bond donors (Lipinski definition) is 1. The van der Waals surface area contributed by atoms with Crippen molar-refractivity contribution in [3.8, 4) is 0 Å². The molecule has 1 heterocycles. The van der Waals surface area contributed by atoms with Gasteiger partial charge in [-0.25, -0.2) is 12.7 Å². The average molecular weight is 295 g/mol. The molecule has 0 aliphatic carbocycles. The molecule has 0 aliphatic rings. The minimum absolute atomic E-state index is 0.123. The summed E-state index contributed by atoms with van der Waals surface area (Å²) in [6.07, 6.45) is 2.84. The van der Waals surface area contributed by atoms with Crippen LogP contribution in [-0.4, -0.2) is 43.4 Å². The molecule has 0 amide bonds. The first-order valence-corrected chi connectivity index (χ1v) is 8.87. The molecule has 0 fully saturated rings. The van der Waals surface area contributed by atoms with Crippen LogP contribution in [0.1, 0.15) is 12.0 Å². The molecule has 4 nitrogen and oxygen atoms in total. The predicted molar refractivity (Wildman–Crippen MR) is 73.1 cm³/mol. The molecule has 0 bridgehead atoms. The van der Waals surface area contributed by atoms with Gasteiger partial charge >= 0.3 is 0 Å². The molecule has 1 aromatic heterocycles. The molecular formula is C10H17NO3S3. The summed E-state index contributed by atoms with van der Waals surface area (Å²) >= 11 is 2.86. The van der Waals surface area contributed by atoms with Crippen LogP contribution in [0.15, 0.2) is 15.7 Å². The molecule has 98 valence electrons. The summed E-state index contributed by atoms with van der Waals surface area (Å²) in [5.74, 6) is 0.951. The SMILES string of the molecule is CSCCCN(C)S(=O)(=O)c1cc(CO)cs1. The number of hydrogen-bond acceptors (Lipinski definition) is 5. The minimum Gasteiger partial charge on any atom is -0.392 e. The highest BCUT2D eigenvalue weighted by molar-refractivity contribution is 7.98. The van der Waals surface area contributed by atoms with E-state index in [9.17, 15) is 8.42 Å². The van der Waals surface area contributed by atoms with Gasteiger partial charge in [-0.1, -0.05) is 0 Å². The molecule has 1 rings (SSSR count). The Hall–Kier alpha value is -0.0800. The topological polar surface area (TPSA) is 57.6 Å². The smallest absolute Gasteiger partial charge is 0.252 e. The third-order valence-corrected chi connectivity index (χ3v) is 6.32. The highest BCUT2D eigenvalue weighted by Crippen LogP contribution is 2.23. The molecule has 7 heteroatoms. The van der Waals surface area contributed by atoms with Crippen LogP contribution < -0.4 is 0 Å². The lowest BCUT2D eigenvalue weighted by Gasteiger charge is -2.15. The second-order valence-electron chi connectivity index (χ2n) is 3.61. The Morgan fingerprint density at radius 3 is 2.76 bits per heavy atom. The van der Waals surface area contributed by atoms with Crippen LogP contribution in [-0.2, 0) is 16.6 Å². The van der Waals surface area contributed by atoms with Crippen molar-refractivity contribution in [1.82, 2.24) is 4.31 Å². The maximum atomic E-state index is 12.1. The maximum Gasteiger partial charge on any atom is 0.252 e. The summed E-state index contributed by atoms with van der Waals surface area (Å²) in [6.45, 7) is 0.401. The third kappa shape index (κ3) is 3.96. The van der Waals surface area contributed by atoms with Gasteiger partial charge in [0.2, 0.25) is 0 Å². The summed E-state index contributed by atoms with van der Waals surface area (Å²) in [6, 6.07) is 1.53. The van der Waals surface area contributed by atoms with Crippen LogP contribution in [0, 0.1) is 0 Å². The number of aliphatic hydroxyl groups is 1. The fraction of sp³-hybridized carbons (Fsp3) is 0.600. The van der Waals surface area contributed by atoms with Gasteiger partial charge in [-0.3, -0.25) is 0 Å². The van der Waals surface area contributed by atoms with Crippen LogP contribution in [0.5, 0.6) is 0 Å². The highest BCUT2D eigenvalue weighted by Gasteiger charge is 2.22. The second-order valence-corrected chi connectivity index (χ2v) is 7.77. The van der Waals surface area contributed by atoms with Gasteiger partial charge in [0, 0.05) is 13.6 Å². The lowest BCUT2D eigenvalue weighted by Crippen LogP contribution is -2.27. The molecule has 0 saturated carbocycles. The van der Waals surface area contributed by atoms with E-state index in [1.54, 1.807) is 24.2 Å². The zero-order valence-electron chi connectivity index (χ0n) is 9.92. The highest BCUT2D eigenvalue weighted by atomic mass is 32.2. The second kappa shape index (κ2) is 6.75. The maximum absolute atomic E-state index is 12.1. The van der Waals surface area contributed by atoms with Crippen LogP contribution in [0.3, 0.4) is 0 Å². The van der Waals surface area contributed by atoms with Gasteiger partial charge in [0.1, 0.15) is 4.21 Å². The fourth-order valence-corrected chi connectivity index (χ4v) is 4.31. The molecule has 1 N–H and O–H groups in total. The fourth-order valence-electron chi connectivity index (χ4n) is 1.28. The number of sulfonamides is 1. The standard InChI is InChI=1S/C10H17NO3S3/c1-11(4-3-5-15-2)17(13,14)10-6-9(7-12)8-16-10/h6,8,12H,3-5,7H2,1-2H3. The van der Waals surface area contributed by atoms with Crippen LogP contribution >= 0.6 is 23.1 Å². The van der Waals surface area contributed by atoms with E-state index in [2.05, 4.69) is 0 Å². The van der Waals surface area contributed by atoms with E-state index in [4.69, 9.17) is 5.11 Å². The van der Waals surface area contributed by atoms with E-state index in [1.807, 2.05) is 6.26 Å². The van der Waals surface area contributed by atoms with Gasteiger partial charge in [-0.2, -0.15) is 11.8 Å². The Kier molecular flexibility index (Phi) is 5.94. The first-order chi connectivity index (χ1) is 8.02. The predicted octanol–water partition coefficient (Wildman–Crippen LogP) is 1.61. The van der Waals surface area contributed by atoms with Crippen LogP contribution in [0.25, 0.3) is 0 Å². The van der Waals surface area contributed by atoms with E-state index in [1.165, 1.54) is 10.4 Å². The molecule has 0 spiro atoms. The van der Waals surface area contributed by atoms with Crippen molar-refractivity contribution >= 4 is 33.1 Å². The number of thiophene rings is 1. The normalized spacial score (nSPS) is 12.2. The van der Waals surface area contributed by atoms with Gasteiger partial charge in [0.05, 0.1) is 6.61 Å². The molecule has 0 unspecified atom stereocenters. The molecular weight excluding hydrogens is 278 g/mol. The van der Waals surface area contributed by atoms with Crippen molar-refractivity contribution in [3.63, 3.8) is 0 Å². The number of rotatable bonds is 7. The summed E-state index contributed by atoms with van der Waals surface area (Å²) < 4.78 is 25.9. The van der Waals surface area contributed by atoms with Gasteiger partial charge < -0.3 is 5.11 Å². The summed E-state index contributed by atoms with van der Waals surface area (Å²) in [4.78, 5) is 0. The van der Waals surface area contributed by atoms with Crippen molar-refractivity contribution in [2.24, 2.45) is 0 Å². The first-order valence-electron chi connectivity index (χ1n) is 5.16. The Bertz CT molecular complexity index is 441. The van der Waals surface area contributed by atoms with E-state index in [0.29, 0.717) is 16.3 Å². The Morgan fingerprint density at radius 2 is 2.24 bits per heavy atom. The average Bonchev–Trinajstić information content (AvgIpc) is 2.78. The Labute approximate surface area is 111 Å². The van der Waals surface area contributed by atoms with Gasteiger partial charge in [0.25, 0.3) is 10.0 Å². The molecule has 0 aliphatic heterocycles. The first kappa shape index (κ1) is 15.0. The van der Waals surface area contributed by atoms with E-state index in [0.717, 1.165) is 23.5 Å². The lowest BCUT2D eigenvalue weighted by molar-refractivity contribution is 0.282. The molecule has 0 radical (unpaired) electrons. The van der Waals surface area contributed by atoms with Crippen molar-refractivity contribution in [3.05, 3.63) is 17.0 Å². The van der Waals surface area contributed by atoms with Crippen molar-refractivity contribution < 1.29 is 13.5 Å². The van der Waals surface area contributed by atoms with Gasteiger partial charge in [-0.05, 0) is 35.4 Å². The monoisotopic (exact) mass is 295 g/mol. The van der Waals surface area contributed by atoms with E-state index in [-0.39, 0.29) is 6.61 Å². The molecule has 0 atom stereocenters. The number of thioether (sulfide) groups is 1. The molecule has 0 saturated heterocycles.